The molecule has 1 aliphatic heterocycles. The fourth-order valence-electron chi connectivity index (χ4n) is 2.40. The van der Waals surface area contributed by atoms with E-state index in [2.05, 4.69) is 23.3 Å². The summed E-state index contributed by atoms with van der Waals surface area (Å²) >= 11 is 0. The number of likely N-dealkylation sites (N-methyl/N-ethyl adjacent to an activating group) is 1. The number of halogens is 1. The lowest BCUT2D eigenvalue weighted by Gasteiger charge is -2.24. The Labute approximate surface area is 121 Å². The van der Waals surface area contributed by atoms with Crippen LogP contribution in [0.4, 0.5) is 0 Å². The Morgan fingerprint density at radius 1 is 1.32 bits per heavy atom. The van der Waals surface area contributed by atoms with E-state index in [1.165, 1.54) is 12.0 Å². The molecular weight excluding hydrogens is 264 g/mol. The maximum atomic E-state index is 5.43. The second-order valence-corrected chi connectivity index (χ2v) is 4.74. The fourth-order valence-corrected chi connectivity index (χ4v) is 2.40. The SMILES string of the molecule is COc1ccc(CN(C)C2CCNC2)c(OC)c1.Cl. The quantitative estimate of drug-likeness (QED) is 0.897. The standard InChI is InChI=1S/C14H22N2O2.ClH/c1-16(12-6-7-15-9-12)10-11-4-5-13(17-2)8-14(11)18-3;/h4-5,8,12,15H,6-7,9-10H2,1-3H3;1H. The van der Waals surface area contributed by atoms with Crippen molar-refractivity contribution in [2.75, 3.05) is 34.4 Å². The number of hydrogen-bond acceptors (Lipinski definition) is 4. The first kappa shape index (κ1) is 16.1. The number of rotatable bonds is 5. The lowest BCUT2D eigenvalue weighted by atomic mass is 10.1. The van der Waals surface area contributed by atoms with Crippen LogP contribution in [0, 0.1) is 0 Å². The van der Waals surface area contributed by atoms with Gasteiger partial charge in [0.25, 0.3) is 0 Å². The van der Waals surface area contributed by atoms with E-state index in [0.29, 0.717) is 6.04 Å². The van der Waals surface area contributed by atoms with Gasteiger partial charge in [-0.15, -0.1) is 12.4 Å². The summed E-state index contributed by atoms with van der Waals surface area (Å²) in [6.45, 7) is 3.10. The Morgan fingerprint density at radius 2 is 2.11 bits per heavy atom. The molecule has 1 saturated heterocycles. The molecule has 0 saturated carbocycles. The van der Waals surface area contributed by atoms with Crippen molar-refractivity contribution in [1.82, 2.24) is 10.2 Å². The van der Waals surface area contributed by atoms with Crippen LogP contribution < -0.4 is 14.8 Å². The molecule has 19 heavy (non-hydrogen) atoms. The topological polar surface area (TPSA) is 33.7 Å². The van der Waals surface area contributed by atoms with Gasteiger partial charge in [-0.3, -0.25) is 4.90 Å². The molecule has 1 aliphatic rings. The molecule has 0 aliphatic carbocycles. The summed E-state index contributed by atoms with van der Waals surface area (Å²) in [4.78, 5) is 2.38. The van der Waals surface area contributed by atoms with Crippen LogP contribution in [0.5, 0.6) is 11.5 Å². The number of nitrogens with zero attached hydrogens (tertiary/aromatic N) is 1. The van der Waals surface area contributed by atoms with Gasteiger partial charge in [-0.2, -0.15) is 0 Å². The lowest BCUT2D eigenvalue weighted by Crippen LogP contribution is -2.32. The zero-order chi connectivity index (χ0) is 13.0. The third-order valence-electron chi connectivity index (χ3n) is 3.57. The van der Waals surface area contributed by atoms with Crippen LogP contribution in [-0.4, -0.2) is 45.3 Å². The van der Waals surface area contributed by atoms with Gasteiger partial charge in [-0.25, -0.2) is 0 Å². The van der Waals surface area contributed by atoms with Gasteiger partial charge in [0.15, 0.2) is 0 Å². The van der Waals surface area contributed by atoms with Crippen molar-refractivity contribution in [3.8, 4) is 11.5 Å². The second-order valence-electron chi connectivity index (χ2n) is 4.74. The summed E-state index contributed by atoms with van der Waals surface area (Å²) in [5.74, 6) is 1.73. The molecule has 1 fully saturated rings. The molecule has 4 nitrogen and oxygen atoms in total. The van der Waals surface area contributed by atoms with Crippen molar-refractivity contribution < 1.29 is 9.47 Å². The third kappa shape index (κ3) is 4.00. The normalized spacial score (nSPS) is 18.2. The van der Waals surface area contributed by atoms with Crippen molar-refractivity contribution in [3.05, 3.63) is 23.8 Å². The predicted octanol–water partition coefficient (Wildman–Crippen LogP) is 1.92. The number of ether oxygens (including phenoxy) is 2. The molecule has 0 aromatic heterocycles. The number of methoxy groups -OCH3 is 2. The second kappa shape index (κ2) is 7.58. The Balaban J connectivity index is 0.00000180. The molecule has 0 radical (unpaired) electrons. The number of nitrogens with one attached hydrogen (secondary N) is 1. The Bertz CT molecular complexity index is 395. The van der Waals surface area contributed by atoms with Crippen LogP contribution in [-0.2, 0) is 6.54 Å². The maximum absolute atomic E-state index is 5.43. The summed E-state index contributed by atoms with van der Waals surface area (Å²) in [5, 5.41) is 3.39. The molecule has 0 spiro atoms. The number of hydrogen-bond donors (Lipinski definition) is 1. The highest BCUT2D eigenvalue weighted by molar-refractivity contribution is 5.85. The first-order chi connectivity index (χ1) is 8.74. The molecular formula is C14H23ClN2O2. The molecule has 2 rings (SSSR count). The van der Waals surface area contributed by atoms with E-state index in [1.54, 1.807) is 14.2 Å². The first-order valence-corrected chi connectivity index (χ1v) is 6.36. The summed E-state index contributed by atoms with van der Waals surface area (Å²) in [6, 6.07) is 6.63. The highest BCUT2D eigenvalue weighted by Crippen LogP contribution is 2.26. The molecule has 1 unspecified atom stereocenters. The molecule has 1 atom stereocenters. The minimum atomic E-state index is 0. The largest absolute Gasteiger partial charge is 0.497 e. The Morgan fingerprint density at radius 3 is 2.68 bits per heavy atom. The van der Waals surface area contributed by atoms with Gasteiger partial charge in [0.1, 0.15) is 11.5 Å². The molecule has 0 bridgehead atoms. The summed E-state index contributed by atoms with van der Waals surface area (Å²) in [6.07, 6.45) is 1.22. The first-order valence-electron chi connectivity index (χ1n) is 6.36. The van der Waals surface area contributed by atoms with Gasteiger partial charge in [0.2, 0.25) is 0 Å². The smallest absolute Gasteiger partial charge is 0.127 e. The van der Waals surface area contributed by atoms with Crippen molar-refractivity contribution in [2.24, 2.45) is 0 Å². The Hall–Kier alpha value is -0.970. The van der Waals surface area contributed by atoms with E-state index in [9.17, 15) is 0 Å². The average Bonchev–Trinajstić information content (AvgIpc) is 2.93. The van der Waals surface area contributed by atoms with Gasteiger partial charge in [-0.05, 0) is 26.1 Å². The fraction of sp³-hybridized carbons (Fsp3) is 0.571. The van der Waals surface area contributed by atoms with E-state index in [1.807, 2.05) is 12.1 Å². The zero-order valence-electron chi connectivity index (χ0n) is 11.8. The van der Waals surface area contributed by atoms with E-state index < -0.39 is 0 Å². The minimum absolute atomic E-state index is 0. The predicted molar refractivity (Wildman–Crippen MR) is 79.5 cm³/mol. The van der Waals surface area contributed by atoms with Gasteiger partial charge in [0.05, 0.1) is 14.2 Å². The van der Waals surface area contributed by atoms with Crippen LogP contribution in [0.25, 0.3) is 0 Å². The van der Waals surface area contributed by atoms with Gasteiger partial charge in [0, 0.05) is 30.8 Å². The highest BCUT2D eigenvalue weighted by atomic mass is 35.5. The highest BCUT2D eigenvalue weighted by Gasteiger charge is 2.20. The molecule has 1 aromatic rings. The third-order valence-corrected chi connectivity index (χ3v) is 3.57. The van der Waals surface area contributed by atoms with E-state index in [4.69, 9.17) is 9.47 Å². The lowest BCUT2D eigenvalue weighted by molar-refractivity contribution is 0.245. The summed E-state index contributed by atoms with van der Waals surface area (Å²) in [5.41, 5.74) is 1.20. The van der Waals surface area contributed by atoms with E-state index >= 15 is 0 Å². The zero-order valence-corrected chi connectivity index (χ0v) is 12.6. The minimum Gasteiger partial charge on any atom is -0.497 e. The molecule has 1 aromatic carbocycles. The van der Waals surface area contributed by atoms with Crippen LogP contribution in [0.2, 0.25) is 0 Å². The van der Waals surface area contributed by atoms with Crippen molar-refractivity contribution in [1.29, 1.82) is 0 Å². The van der Waals surface area contributed by atoms with Crippen molar-refractivity contribution in [3.63, 3.8) is 0 Å². The van der Waals surface area contributed by atoms with E-state index in [0.717, 1.165) is 31.1 Å². The molecule has 1 N–H and O–H groups in total. The van der Waals surface area contributed by atoms with Crippen molar-refractivity contribution >= 4 is 12.4 Å². The number of benzene rings is 1. The molecule has 1 heterocycles. The van der Waals surface area contributed by atoms with Crippen LogP contribution in [0.3, 0.4) is 0 Å². The van der Waals surface area contributed by atoms with Gasteiger partial charge >= 0.3 is 0 Å². The average molecular weight is 287 g/mol. The van der Waals surface area contributed by atoms with Crippen LogP contribution in [0.15, 0.2) is 18.2 Å². The summed E-state index contributed by atoms with van der Waals surface area (Å²) in [7, 11) is 5.54. The van der Waals surface area contributed by atoms with E-state index in [-0.39, 0.29) is 12.4 Å². The van der Waals surface area contributed by atoms with Gasteiger partial charge < -0.3 is 14.8 Å². The maximum Gasteiger partial charge on any atom is 0.127 e. The van der Waals surface area contributed by atoms with Gasteiger partial charge in [-0.1, -0.05) is 6.07 Å². The Kier molecular flexibility index (Phi) is 6.42. The summed E-state index contributed by atoms with van der Waals surface area (Å²) < 4.78 is 10.6. The molecule has 108 valence electrons. The molecule has 0 amide bonds. The molecule has 5 heteroatoms. The van der Waals surface area contributed by atoms with Crippen molar-refractivity contribution in [2.45, 2.75) is 19.0 Å². The van der Waals surface area contributed by atoms with Crippen LogP contribution >= 0.6 is 12.4 Å². The monoisotopic (exact) mass is 286 g/mol. The van der Waals surface area contributed by atoms with Crippen LogP contribution in [0.1, 0.15) is 12.0 Å².